The van der Waals surface area contributed by atoms with Crippen LogP contribution in [0.15, 0.2) is 18.3 Å². The maximum atomic E-state index is 4.34. The Hall–Kier alpha value is -1.05. The normalized spacial score (nSPS) is 12.5. The number of hydrogen-bond acceptors (Lipinski definition) is 2. The molecule has 2 heteroatoms. The molecule has 84 valence electrons. The van der Waals surface area contributed by atoms with Gasteiger partial charge in [-0.2, -0.15) is 0 Å². The van der Waals surface area contributed by atoms with Gasteiger partial charge in [0.15, 0.2) is 0 Å². The first-order valence-electron chi connectivity index (χ1n) is 5.91. The fourth-order valence-electron chi connectivity index (χ4n) is 1.58. The van der Waals surface area contributed by atoms with Crippen LogP contribution in [0.4, 0.5) is 5.82 Å². The van der Waals surface area contributed by atoms with Gasteiger partial charge in [-0.1, -0.05) is 32.3 Å². The summed E-state index contributed by atoms with van der Waals surface area (Å²) in [6, 6.07) is 4.66. The Balaban J connectivity index is 2.31. The molecule has 1 rings (SSSR count). The van der Waals surface area contributed by atoms with Crippen molar-refractivity contribution in [3.63, 3.8) is 0 Å². The highest BCUT2D eigenvalue weighted by Gasteiger charge is 2.01. The minimum absolute atomic E-state index is 0.520. The second kappa shape index (κ2) is 6.44. The number of aromatic nitrogens is 1. The highest BCUT2D eigenvalue weighted by Crippen LogP contribution is 2.09. The van der Waals surface area contributed by atoms with Crippen LogP contribution in [-0.2, 0) is 0 Å². The Bertz CT molecular complexity index is 266. The molecule has 0 aliphatic heterocycles. The van der Waals surface area contributed by atoms with E-state index < -0.39 is 0 Å². The van der Waals surface area contributed by atoms with Crippen molar-refractivity contribution in [3.05, 3.63) is 23.9 Å². The van der Waals surface area contributed by atoms with Gasteiger partial charge in [0.1, 0.15) is 5.82 Å². The molecule has 0 amide bonds. The van der Waals surface area contributed by atoms with E-state index in [1.54, 1.807) is 0 Å². The molecule has 0 aliphatic rings. The van der Waals surface area contributed by atoms with Gasteiger partial charge in [0.25, 0.3) is 0 Å². The molecule has 1 aromatic rings. The molecule has 2 nitrogen and oxygen atoms in total. The number of hydrogen-bond donors (Lipinski definition) is 1. The van der Waals surface area contributed by atoms with Crippen molar-refractivity contribution in [1.29, 1.82) is 0 Å². The summed E-state index contributed by atoms with van der Waals surface area (Å²) in [5.74, 6) is 0.990. The number of anilines is 1. The second-order valence-electron chi connectivity index (χ2n) is 4.26. The van der Waals surface area contributed by atoms with Gasteiger partial charge in [-0.05, 0) is 31.9 Å². The summed E-state index contributed by atoms with van der Waals surface area (Å²) < 4.78 is 0. The summed E-state index contributed by atoms with van der Waals surface area (Å²) in [6.07, 6.45) is 7.05. The number of pyridine rings is 1. The van der Waals surface area contributed by atoms with E-state index in [1.165, 1.54) is 31.2 Å². The Morgan fingerprint density at radius 2 is 2.13 bits per heavy atom. The van der Waals surface area contributed by atoms with Crippen molar-refractivity contribution in [3.8, 4) is 0 Å². The zero-order valence-electron chi connectivity index (χ0n) is 10.1. The van der Waals surface area contributed by atoms with Crippen molar-refractivity contribution in [2.75, 3.05) is 5.32 Å². The van der Waals surface area contributed by atoms with Crippen LogP contribution in [0.2, 0.25) is 0 Å². The number of aryl methyl sites for hydroxylation is 1. The number of rotatable bonds is 6. The lowest BCUT2D eigenvalue weighted by Gasteiger charge is -2.14. The van der Waals surface area contributed by atoms with Crippen molar-refractivity contribution in [2.45, 2.75) is 52.5 Å². The molecule has 0 radical (unpaired) electrons. The van der Waals surface area contributed by atoms with E-state index in [0.717, 1.165) is 5.82 Å². The highest BCUT2D eigenvalue weighted by atomic mass is 15.0. The van der Waals surface area contributed by atoms with Crippen LogP contribution in [0.5, 0.6) is 0 Å². The first-order chi connectivity index (χ1) is 7.22. The van der Waals surface area contributed by atoms with Gasteiger partial charge in [0.2, 0.25) is 0 Å². The maximum Gasteiger partial charge on any atom is 0.126 e. The predicted octanol–water partition coefficient (Wildman–Crippen LogP) is 3.77. The molecule has 0 bridgehead atoms. The number of nitrogens with one attached hydrogen (secondary N) is 1. The van der Waals surface area contributed by atoms with Crippen molar-refractivity contribution in [1.82, 2.24) is 4.98 Å². The molecule has 15 heavy (non-hydrogen) atoms. The van der Waals surface area contributed by atoms with Gasteiger partial charge in [-0.25, -0.2) is 4.98 Å². The zero-order valence-corrected chi connectivity index (χ0v) is 10.1. The summed E-state index contributed by atoms with van der Waals surface area (Å²) in [6.45, 7) is 6.51. The van der Waals surface area contributed by atoms with E-state index in [2.05, 4.69) is 37.1 Å². The van der Waals surface area contributed by atoms with Gasteiger partial charge in [-0.3, -0.25) is 0 Å². The summed E-state index contributed by atoms with van der Waals surface area (Å²) in [5, 5.41) is 3.42. The fraction of sp³-hybridized carbons (Fsp3) is 0.615. The molecule has 0 fully saturated rings. The van der Waals surface area contributed by atoms with Gasteiger partial charge in [-0.15, -0.1) is 0 Å². The second-order valence-corrected chi connectivity index (χ2v) is 4.26. The average molecular weight is 206 g/mol. The third kappa shape index (κ3) is 4.82. The summed E-state index contributed by atoms with van der Waals surface area (Å²) in [7, 11) is 0. The van der Waals surface area contributed by atoms with Crippen LogP contribution in [-0.4, -0.2) is 11.0 Å². The van der Waals surface area contributed by atoms with Crippen LogP contribution in [0.3, 0.4) is 0 Å². The molecule has 1 unspecified atom stereocenters. The highest BCUT2D eigenvalue weighted by molar-refractivity contribution is 5.35. The van der Waals surface area contributed by atoms with Crippen molar-refractivity contribution >= 4 is 5.82 Å². The van der Waals surface area contributed by atoms with Crippen LogP contribution in [0.25, 0.3) is 0 Å². The quantitative estimate of drug-likeness (QED) is 0.717. The summed E-state index contributed by atoms with van der Waals surface area (Å²) >= 11 is 0. The molecular weight excluding hydrogens is 184 g/mol. The molecule has 0 saturated heterocycles. The predicted molar refractivity (Wildman–Crippen MR) is 66.2 cm³/mol. The topological polar surface area (TPSA) is 24.9 Å². The lowest BCUT2D eigenvalue weighted by Crippen LogP contribution is -2.15. The Morgan fingerprint density at radius 1 is 1.33 bits per heavy atom. The SMILES string of the molecule is CCCCCC(C)Nc1ccc(C)cn1. The van der Waals surface area contributed by atoms with Gasteiger partial charge < -0.3 is 5.32 Å². The summed E-state index contributed by atoms with van der Waals surface area (Å²) in [4.78, 5) is 4.34. The van der Waals surface area contributed by atoms with Crippen molar-refractivity contribution in [2.24, 2.45) is 0 Å². The molecule has 1 N–H and O–H groups in total. The zero-order chi connectivity index (χ0) is 11.1. The Labute approximate surface area is 93.1 Å². The van der Waals surface area contributed by atoms with Crippen LogP contribution in [0.1, 0.15) is 45.1 Å². The fourth-order valence-corrected chi connectivity index (χ4v) is 1.58. The molecular formula is C13H22N2. The van der Waals surface area contributed by atoms with Crippen LogP contribution < -0.4 is 5.32 Å². The maximum absolute atomic E-state index is 4.34. The first kappa shape index (κ1) is 12.0. The largest absolute Gasteiger partial charge is 0.368 e. The molecule has 0 saturated carbocycles. The van der Waals surface area contributed by atoms with Gasteiger partial charge >= 0.3 is 0 Å². The average Bonchev–Trinajstić information content (AvgIpc) is 2.22. The standard InChI is InChI=1S/C13H22N2/c1-4-5-6-7-12(3)15-13-9-8-11(2)10-14-13/h8-10,12H,4-7H2,1-3H3,(H,14,15). The number of nitrogens with zero attached hydrogens (tertiary/aromatic N) is 1. The third-order valence-corrected chi connectivity index (χ3v) is 2.55. The van der Waals surface area contributed by atoms with E-state index in [9.17, 15) is 0 Å². The van der Waals surface area contributed by atoms with E-state index in [-0.39, 0.29) is 0 Å². The monoisotopic (exact) mass is 206 g/mol. The van der Waals surface area contributed by atoms with E-state index in [4.69, 9.17) is 0 Å². The van der Waals surface area contributed by atoms with Crippen molar-refractivity contribution < 1.29 is 0 Å². The molecule has 1 heterocycles. The smallest absolute Gasteiger partial charge is 0.126 e. The Morgan fingerprint density at radius 3 is 2.73 bits per heavy atom. The molecule has 1 atom stereocenters. The molecule has 0 aliphatic carbocycles. The minimum Gasteiger partial charge on any atom is -0.368 e. The molecule has 0 spiro atoms. The minimum atomic E-state index is 0.520. The third-order valence-electron chi connectivity index (χ3n) is 2.55. The van der Waals surface area contributed by atoms with Crippen LogP contribution in [0, 0.1) is 6.92 Å². The van der Waals surface area contributed by atoms with Gasteiger partial charge in [0.05, 0.1) is 0 Å². The first-order valence-corrected chi connectivity index (χ1v) is 5.91. The molecule has 1 aromatic heterocycles. The van der Waals surface area contributed by atoms with E-state index in [1.807, 2.05) is 12.3 Å². The van der Waals surface area contributed by atoms with Crippen LogP contribution >= 0.6 is 0 Å². The Kier molecular flexibility index (Phi) is 5.16. The van der Waals surface area contributed by atoms with Gasteiger partial charge in [0, 0.05) is 12.2 Å². The number of unbranched alkanes of at least 4 members (excludes halogenated alkanes) is 2. The lowest BCUT2D eigenvalue weighted by atomic mass is 10.1. The van der Waals surface area contributed by atoms with E-state index >= 15 is 0 Å². The molecule has 0 aromatic carbocycles. The lowest BCUT2D eigenvalue weighted by molar-refractivity contribution is 0.614. The van der Waals surface area contributed by atoms with E-state index in [0.29, 0.717) is 6.04 Å². The summed E-state index contributed by atoms with van der Waals surface area (Å²) in [5.41, 5.74) is 1.21.